The molecule has 20 heavy (non-hydrogen) atoms. The molecule has 2 amide bonds. The average molecular weight is 297 g/mol. The number of benzene rings is 1. The van der Waals surface area contributed by atoms with Crippen LogP contribution in [-0.2, 0) is 11.2 Å². The molecule has 0 saturated carbocycles. The molecule has 5 nitrogen and oxygen atoms in total. The highest BCUT2D eigenvalue weighted by atomic mass is 35.5. The van der Waals surface area contributed by atoms with Crippen molar-refractivity contribution in [2.45, 2.75) is 18.9 Å². The van der Waals surface area contributed by atoms with Crippen LogP contribution >= 0.6 is 11.6 Å². The molecule has 0 aliphatic heterocycles. The topological polar surface area (TPSA) is 78.4 Å². The number of aliphatic carboxylic acids is 1. The van der Waals surface area contributed by atoms with E-state index >= 15 is 0 Å². The highest BCUT2D eigenvalue weighted by Crippen LogP contribution is 2.09. The predicted octanol–water partition coefficient (Wildman–Crippen LogP) is 2.21. The Balaban J connectivity index is 2.33. The van der Waals surface area contributed by atoms with Crippen LogP contribution in [0.1, 0.15) is 12.0 Å². The predicted molar refractivity (Wildman–Crippen MR) is 77.9 cm³/mol. The van der Waals surface area contributed by atoms with E-state index in [-0.39, 0.29) is 6.42 Å². The molecule has 0 saturated heterocycles. The summed E-state index contributed by atoms with van der Waals surface area (Å²) in [5, 5.41) is 14.5. The fraction of sp³-hybridized carbons (Fsp3) is 0.286. The monoisotopic (exact) mass is 296 g/mol. The third-order valence-corrected chi connectivity index (χ3v) is 2.87. The van der Waals surface area contributed by atoms with Gasteiger partial charge in [0.2, 0.25) is 0 Å². The Labute approximate surface area is 122 Å². The minimum absolute atomic E-state index is 0.180. The number of amides is 2. The third-order valence-electron chi connectivity index (χ3n) is 2.62. The van der Waals surface area contributed by atoms with E-state index in [9.17, 15) is 9.59 Å². The van der Waals surface area contributed by atoms with Gasteiger partial charge in [0.15, 0.2) is 0 Å². The molecular weight excluding hydrogens is 280 g/mol. The summed E-state index contributed by atoms with van der Waals surface area (Å²) in [4.78, 5) is 22.4. The van der Waals surface area contributed by atoms with Gasteiger partial charge in [0.25, 0.3) is 0 Å². The van der Waals surface area contributed by atoms with Crippen molar-refractivity contribution < 1.29 is 14.7 Å². The van der Waals surface area contributed by atoms with E-state index in [1.807, 2.05) is 12.1 Å². The number of urea groups is 1. The van der Waals surface area contributed by atoms with E-state index in [1.165, 1.54) is 6.08 Å². The summed E-state index contributed by atoms with van der Waals surface area (Å²) in [5.74, 6) is -1.09. The van der Waals surface area contributed by atoms with Crippen molar-refractivity contribution in [1.29, 1.82) is 0 Å². The normalized spacial score (nSPS) is 11.4. The number of hydrogen-bond acceptors (Lipinski definition) is 2. The molecule has 3 N–H and O–H groups in total. The molecule has 1 rings (SSSR count). The Kier molecular flexibility index (Phi) is 6.59. The second-order valence-electron chi connectivity index (χ2n) is 4.19. The first-order valence-corrected chi connectivity index (χ1v) is 6.53. The number of hydrogen-bond donors (Lipinski definition) is 3. The van der Waals surface area contributed by atoms with Gasteiger partial charge in [-0.15, -0.1) is 6.58 Å². The van der Waals surface area contributed by atoms with Gasteiger partial charge in [-0.3, -0.25) is 0 Å². The summed E-state index contributed by atoms with van der Waals surface area (Å²) in [6.07, 6.45) is 2.27. The minimum atomic E-state index is -1.09. The number of carbonyl (C=O) groups excluding carboxylic acids is 1. The molecule has 1 atom stereocenters. The van der Waals surface area contributed by atoms with E-state index in [0.717, 1.165) is 5.56 Å². The molecule has 0 bridgehead atoms. The van der Waals surface area contributed by atoms with Crippen molar-refractivity contribution in [3.8, 4) is 0 Å². The van der Waals surface area contributed by atoms with Gasteiger partial charge in [-0.25, -0.2) is 9.59 Å². The molecule has 0 aromatic heterocycles. The zero-order valence-corrected chi connectivity index (χ0v) is 11.7. The Bertz CT molecular complexity index is 474. The zero-order chi connectivity index (χ0) is 15.0. The second-order valence-corrected chi connectivity index (χ2v) is 4.63. The number of carbonyl (C=O) groups is 2. The molecule has 108 valence electrons. The molecule has 1 unspecified atom stereocenters. The van der Waals surface area contributed by atoms with Crippen molar-refractivity contribution in [3.05, 3.63) is 47.5 Å². The number of rotatable bonds is 7. The zero-order valence-electron chi connectivity index (χ0n) is 10.9. The highest BCUT2D eigenvalue weighted by Gasteiger charge is 2.17. The SMILES string of the molecule is C=CCC(NC(=O)NCCc1ccc(Cl)cc1)C(=O)O. The standard InChI is InChI=1S/C14H17ClN2O3/c1-2-3-12(13(18)19)17-14(20)16-9-8-10-4-6-11(15)7-5-10/h2,4-7,12H,1,3,8-9H2,(H,18,19)(H2,16,17,20). The molecule has 0 aliphatic rings. The van der Waals surface area contributed by atoms with Crippen LogP contribution in [-0.4, -0.2) is 29.7 Å². The van der Waals surface area contributed by atoms with Gasteiger partial charge in [0, 0.05) is 11.6 Å². The smallest absolute Gasteiger partial charge is 0.326 e. The van der Waals surface area contributed by atoms with E-state index in [2.05, 4.69) is 17.2 Å². The van der Waals surface area contributed by atoms with Crippen LogP contribution in [0.3, 0.4) is 0 Å². The average Bonchev–Trinajstić information content (AvgIpc) is 2.40. The fourth-order valence-electron chi connectivity index (χ4n) is 1.57. The van der Waals surface area contributed by atoms with E-state index in [1.54, 1.807) is 12.1 Å². The molecule has 0 fully saturated rings. The first-order chi connectivity index (χ1) is 9.52. The van der Waals surface area contributed by atoms with Gasteiger partial charge in [0.1, 0.15) is 6.04 Å². The van der Waals surface area contributed by atoms with Crippen LogP contribution in [0.5, 0.6) is 0 Å². The first kappa shape index (κ1) is 16.0. The van der Waals surface area contributed by atoms with Gasteiger partial charge in [-0.2, -0.15) is 0 Å². The Hall–Kier alpha value is -2.01. The fourth-order valence-corrected chi connectivity index (χ4v) is 1.69. The molecule has 1 aromatic rings. The van der Waals surface area contributed by atoms with Gasteiger partial charge >= 0.3 is 12.0 Å². The molecule has 0 spiro atoms. The Morgan fingerprint density at radius 2 is 2.00 bits per heavy atom. The van der Waals surface area contributed by atoms with Gasteiger partial charge in [-0.05, 0) is 30.5 Å². The number of nitrogens with one attached hydrogen (secondary N) is 2. The molecule has 6 heteroatoms. The number of carboxylic acid groups (broad SMARTS) is 1. The second kappa shape index (κ2) is 8.22. The van der Waals surface area contributed by atoms with Crippen LogP contribution in [0.4, 0.5) is 4.79 Å². The quantitative estimate of drug-likeness (QED) is 0.675. The summed E-state index contributed by atoms with van der Waals surface area (Å²) in [7, 11) is 0. The number of halogens is 1. The van der Waals surface area contributed by atoms with Gasteiger partial charge in [-0.1, -0.05) is 29.8 Å². The lowest BCUT2D eigenvalue weighted by atomic mass is 10.1. The summed E-state index contributed by atoms with van der Waals surface area (Å²) < 4.78 is 0. The Morgan fingerprint density at radius 1 is 1.35 bits per heavy atom. The number of carboxylic acids is 1. The van der Waals surface area contributed by atoms with E-state index in [0.29, 0.717) is 18.0 Å². The summed E-state index contributed by atoms with van der Waals surface area (Å²) in [5.41, 5.74) is 1.04. The lowest BCUT2D eigenvalue weighted by molar-refractivity contribution is -0.139. The van der Waals surface area contributed by atoms with Gasteiger partial charge < -0.3 is 15.7 Å². The Morgan fingerprint density at radius 3 is 2.55 bits per heavy atom. The molecule has 0 aliphatic carbocycles. The van der Waals surface area contributed by atoms with Crippen LogP contribution in [0.15, 0.2) is 36.9 Å². The van der Waals surface area contributed by atoms with Crippen LogP contribution in [0, 0.1) is 0 Å². The lowest BCUT2D eigenvalue weighted by Crippen LogP contribution is -2.46. The van der Waals surface area contributed by atoms with E-state index in [4.69, 9.17) is 16.7 Å². The maximum absolute atomic E-state index is 11.5. The molecular formula is C14H17ClN2O3. The van der Waals surface area contributed by atoms with Crippen molar-refractivity contribution in [3.63, 3.8) is 0 Å². The summed E-state index contributed by atoms with van der Waals surface area (Å²) >= 11 is 5.77. The van der Waals surface area contributed by atoms with E-state index < -0.39 is 18.0 Å². The largest absolute Gasteiger partial charge is 0.480 e. The minimum Gasteiger partial charge on any atom is -0.480 e. The highest BCUT2D eigenvalue weighted by molar-refractivity contribution is 6.30. The third kappa shape index (κ3) is 5.75. The van der Waals surface area contributed by atoms with Gasteiger partial charge in [0.05, 0.1) is 0 Å². The maximum atomic E-state index is 11.5. The summed E-state index contributed by atoms with van der Waals surface area (Å²) in [6, 6.07) is 5.85. The molecule has 0 heterocycles. The molecule has 0 radical (unpaired) electrons. The van der Waals surface area contributed by atoms with Crippen molar-refractivity contribution in [2.75, 3.05) is 6.54 Å². The van der Waals surface area contributed by atoms with Crippen molar-refractivity contribution >= 4 is 23.6 Å². The lowest BCUT2D eigenvalue weighted by Gasteiger charge is -2.13. The summed E-state index contributed by atoms with van der Waals surface area (Å²) in [6.45, 7) is 3.86. The maximum Gasteiger partial charge on any atom is 0.326 e. The first-order valence-electron chi connectivity index (χ1n) is 6.15. The van der Waals surface area contributed by atoms with Crippen LogP contribution in [0.2, 0.25) is 5.02 Å². The van der Waals surface area contributed by atoms with Crippen LogP contribution in [0.25, 0.3) is 0 Å². The van der Waals surface area contributed by atoms with Crippen molar-refractivity contribution in [1.82, 2.24) is 10.6 Å². The van der Waals surface area contributed by atoms with Crippen LogP contribution < -0.4 is 10.6 Å². The molecule has 1 aromatic carbocycles. The van der Waals surface area contributed by atoms with Crippen molar-refractivity contribution in [2.24, 2.45) is 0 Å².